The lowest BCUT2D eigenvalue weighted by molar-refractivity contribution is -0.625. The third-order valence-corrected chi connectivity index (χ3v) is 6.22. The van der Waals surface area contributed by atoms with Crippen LogP contribution in [0, 0.1) is 5.41 Å². The van der Waals surface area contributed by atoms with Crippen molar-refractivity contribution in [2.45, 2.75) is 58.5 Å². The number of hydrogen-bond donors (Lipinski definition) is 0. The van der Waals surface area contributed by atoms with Gasteiger partial charge in [0.05, 0.1) is 7.11 Å². The highest BCUT2D eigenvalue weighted by Crippen LogP contribution is 2.92. The molecule has 0 amide bonds. The van der Waals surface area contributed by atoms with E-state index in [2.05, 4.69) is 4.74 Å². The molecule has 0 aliphatic heterocycles. The Bertz CT molecular complexity index is 793. The molecule has 19 heteroatoms. The number of hydrogen-bond acceptors (Lipinski definition) is 2. The fourth-order valence-corrected chi connectivity index (χ4v) is 4.73. The van der Waals surface area contributed by atoms with E-state index in [4.69, 9.17) is 0 Å². The second kappa shape index (κ2) is 5.02. The minimum absolute atomic E-state index is 0.370. The highest BCUT2D eigenvalue weighted by atomic mass is 19.4. The third-order valence-electron chi connectivity index (χ3n) is 6.22. The van der Waals surface area contributed by atoms with Gasteiger partial charge >= 0.3 is 64.4 Å². The fraction of sp³-hybridized carbons (Fsp3) is 0.923. The van der Waals surface area contributed by atoms with Gasteiger partial charge in [0.25, 0.3) is 0 Å². The largest absolute Gasteiger partial charge is 0.465 e. The summed E-state index contributed by atoms with van der Waals surface area (Å²) < 4.78 is 247. The van der Waals surface area contributed by atoms with Crippen molar-refractivity contribution in [3.63, 3.8) is 0 Å². The van der Waals surface area contributed by atoms with Crippen molar-refractivity contribution < 1.29 is 84.2 Å². The molecule has 2 nitrogen and oxygen atoms in total. The zero-order chi connectivity index (χ0) is 25.8. The van der Waals surface area contributed by atoms with Crippen LogP contribution in [0.15, 0.2) is 0 Å². The van der Waals surface area contributed by atoms with Crippen LogP contribution in [0.25, 0.3) is 0 Å². The molecule has 4 aliphatic rings. The number of esters is 1. The molecule has 0 spiro atoms. The van der Waals surface area contributed by atoms with Crippen LogP contribution in [0.4, 0.5) is 74.6 Å². The summed E-state index contributed by atoms with van der Waals surface area (Å²) in [6, 6.07) is 0. The maximum Gasteiger partial charge on any atom is 0.378 e. The lowest BCUT2D eigenvalue weighted by Crippen LogP contribution is -3.09. The summed E-state index contributed by atoms with van der Waals surface area (Å²) in [5.74, 6) is -61.5. The van der Waals surface area contributed by atoms with Gasteiger partial charge in [0.2, 0.25) is 5.41 Å². The number of methoxy groups -OCH3 is 1. The van der Waals surface area contributed by atoms with Gasteiger partial charge in [-0.05, 0) is 0 Å². The first-order valence-electron chi connectivity index (χ1n) is 7.53. The van der Waals surface area contributed by atoms with Gasteiger partial charge in [-0.1, -0.05) is 0 Å². The van der Waals surface area contributed by atoms with Gasteiger partial charge < -0.3 is 4.74 Å². The van der Waals surface area contributed by atoms with Gasteiger partial charge in [0.1, 0.15) is 0 Å². The lowest BCUT2D eigenvalue weighted by atomic mass is 9.35. The summed E-state index contributed by atoms with van der Waals surface area (Å²) in [4.78, 5) is 11.1. The summed E-state index contributed by atoms with van der Waals surface area (Å²) in [6.07, 6.45) is 0. The summed E-state index contributed by atoms with van der Waals surface area (Å²) in [5, 5.41) is 0. The van der Waals surface area contributed by atoms with Crippen LogP contribution in [0.3, 0.4) is 0 Å². The van der Waals surface area contributed by atoms with Crippen molar-refractivity contribution >= 4 is 5.97 Å². The summed E-state index contributed by atoms with van der Waals surface area (Å²) in [7, 11) is -0.370. The smallest absolute Gasteiger partial charge is 0.378 e. The van der Waals surface area contributed by atoms with Crippen molar-refractivity contribution in [3.05, 3.63) is 0 Å². The van der Waals surface area contributed by atoms with E-state index < -0.39 is 69.8 Å². The van der Waals surface area contributed by atoms with Crippen LogP contribution in [0.2, 0.25) is 0 Å². The Balaban J connectivity index is 2.80. The molecular formula is C13H3F17O2. The molecular weight excluding hydrogens is 511 g/mol. The van der Waals surface area contributed by atoms with Crippen LogP contribution in [0.5, 0.6) is 0 Å². The lowest BCUT2D eigenvalue weighted by Gasteiger charge is -2.75. The van der Waals surface area contributed by atoms with Gasteiger partial charge in [-0.15, -0.1) is 0 Å². The first-order valence-corrected chi connectivity index (χ1v) is 7.53. The molecule has 0 radical (unpaired) electrons. The highest BCUT2D eigenvalue weighted by Gasteiger charge is 3.25. The van der Waals surface area contributed by atoms with Crippen LogP contribution >= 0.6 is 0 Å². The van der Waals surface area contributed by atoms with E-state index in [-0.39, 0.29) is 7.11 Å². The third kappa shape index (κ3) is 1.38. The van der Waals surface area contributed by atoms with Crippen molar-refractivity contribution in [2.75, 3.05) is 7.11 Å². The second-order valence-corrected chi connectivity index (χ2v) is 7.24. The van der Waals surface area contributed by atoms with Crippen LogP contribution < -0.4 is 0 Å². The number of rotatable bonds is 2. The molecule has 0 heterocycles. The topological polar surface area (TPSA) is 26.3 Å². The summed E-state index contributed by atoms with van der Waals surface area (Å²) >= 11 is 0. The van der Waals surface area contributed by atoms with Crippen LogP contribution in [0.1, 0.15) is 0 Å². The number of ether oxygens (including phenoxy) is 1. The maximum absolute atomic E-state index is 14.7. The molecule has 0 unspecified atom stereocenters. The van der Waals surface area contributed by atoms with Crippen molar-refractivity contribution in [3.8, 4) is 0 Å². The van der Waals surface area contributed by atoms with Gasteiger partial charge in [-0.25, -0.2) is 44.3 Å². The van der Waals surface area contributed by atoms with E-state index in [1.54, 1.807) is 0 Å². The molecule has 0 aromatic carbocycles. The Morgan fingerprint density at radius 1 is 0.531 bits per heavy atom. The Kier molecular flexibility index (Phi) is 3.91. The molecule has 0 aromatic rings. The van der Waals surface area contributed by atoms with Gasteiger partial charge in [-0.2, -0.15) is 35.1 Å². The first-order chi connectivity index (χ1) is 13.7. The number of carbonyl (C=O) groups excluding carboxylic acids is 1. The second-order valence-electron chi connectivity index (χ2n) is 7.24. The van der Waals surface area contributed by atoms with E-state index in [1.807, 2.05) is 0 Å². The van der Waals surface area contributed by atoms with Crippen molar-refractivity contribution in [1.82, 2.24) is 0 Å². The zero-order valence-electron chi connectivity index (χ0n) is 14.2. The molecule has 4 aliphatic carbocycles. The van der Waals surface area contributed by atoms with Crippen LogP contribution in [-0.2, 0) is 9.53 Å². The predicted octanol–water partition coefficient (Wildman–Crippen LogP) is 4.76. The van der Waals surface area contributed by atoms with Crippen molar-refractivity contribution in [1.29, 1.82) is 0 Å². The van der Waals surface area contributed by atoms with Crippen molar-refractivity contribution in [2.24, 2.45) is 5.41 Å². The molecule has 32 heavy (non-hydrogen) atoms. The predicted molar refractivity (Wildman–Crippen MR) is 60.6 cm³/mol. The first kappa shape index (κ1) is 24.9. The molecule has 0 saturated heterocycles. The Hall–Kier alpha value is -1.72. The van der Waals surface area contributed by atoms with E-state index in [9.17, 15) is 79.4 Å². The van der Waals surface area contributed by atoms with E-state index in [1.165, 1.54) is 0 Å². The molecule has 4 fully saturated rings. The van der Waals surface area contributed by atoms with E-state index in [0.29, 0.717) is 0 Å². The SMILES string of the molecule is COC(=O)C(F)(F)C12C(F)(F)C3(F)C(F)(F)C(F)(C(F)(F)C(F)(C3(F)F)C1(F)F)C2(F)F. The normalized spacial score (nSPS) is 46.1. The molecule has 0 N–H and O–H groups in total. The standard InChI is InChI=1S/C13H3F17O2/c1-32-2(31)3(14,15)4-8(19,20)5(16)11(25,26)6(17,9(4,21)22)13(29,30)7(18,10(4,23)24)12(5,27)28/h1H3. The molecule has 0 atom stereocenters. The highest BCUT2D eigenvalue weighted by molar-refractivity contribution is 5.81. The van der Waals surface area contributed by atoms with E-state index >= 15 is 0 Å². The van der Waals surface area contributed by atoms with Gasteiger partial charge in [0, 0.05) is 0 Å². The Morgan fingerprint density at radius 3 is 0.938 bits per heavy atom. The average molecular weight is 514 g/mol. The Labute approximate surface area is 162 Å². The number of halogens is 17. The number of alkyl halides is 17. The monoisotopic (exact) mass is 514 g/mol. The van der Waals surface area contributed by atoms with Gasteiger partial charge in [0.15, 0.2) is 0 Å². The molecule has 4 saturated carbocycles. The molecule has 4 bridgehead atoms. The zero-order valence-corrected chi connectivity index (χ0v) is 14.2. The minimum atomic E-state index is -8.38. The minimum Gasteiger partial charge on any atom is -0.465 e. The summed E-state index contributed by atoms with van der Waals surface area (Å²) in [5.41, 5.74) is -32.8. The molecule has 0 aromatic heterocycles. The summed E-state index contributed by atoms with van der Waals surface area (Å²) in [6.45, 7) is 0. The quantitative estimate of drug-likeness (QED) is 0.393. The van der Waals surface area contributed by atoms with E-state index in [0.717, 1.165) is 0 Å². The Morgan fingerprint density at radius 2 is 0.750 bits per heavy atom. The number of carbonyl (C=O) groups is 1. The van der Waals surface area contributed by atoms with Gasteiger partial charge in [-0.3, -0.25) is 0 Å². The fourth-order valence-electron chi connectivity index (χ4n) is 4.73. The van der Waals surface area contributed by atoms with Crippen LogP contribution in [-0.4, -0.2) is 71.5 Å². The molecule has 4 rings (SSSR count). The maximum atomic E-state index is 14.7. The average Bonchev–Trinajstić information content (AvgIpc) is 2.60. The molecule has 186 valence electrons.